The number of hydrogen-bond donors (Lipinski definition) is 1. The van der Waals surface area contributed by atoms with Gasteiger partial charge in [-0.1, -0.05) is 39.0 Å². The van der Waals surface area contributed by atoms with E-state index in [1.54, 1.807) is 0 Å². The molecule has 4 heteroatoms. The molecular weight excluding hydrogens is 262 g/mol. The Labute approximate surface area is 129 Å². The Morgan fingerprint density at radius 2 is 2.05 bits per heavy atom. The minimum absolute atomic E-state index is 0.164. The number of aliphatic imine (C=N–C) groups is 1. The van der Waals surface area contributed by atoms with Crippen LogP contribution < -0.4 is 5.73 Å². The summed E-state index contributed by atoms with van der Waals surface area (Å²) < 4.78 is 5.98. The van der Waals surface area contributed by atoms with Crippen molar-refractivity contribution in [2.24, 2.45) is 10.7 Å². The Balaban J connectivity index is 1.76. The quantitative estimate of drug-likeness (QED) is 0.814. The predicted octanol–water partition coefficient (Wildman–Crippen LogP) is 3.06. The van der Waals surface area contributed by atoms with Gasteiger partial charge in [0.15, 0.2) is 5.96 Å². The second kappa shape index (κ2) is 6.55. The highest BCUT2D eigenvalue weighted by molar-refractivity contribution is 5.81. The largest absolute Gasteiger partial charge is 0.378 e. The number of nitrogens with zero attached hydrogens (tertiary/aromatic N) is 2. The molecule has 2 heterocycles. The van der Waals surface area contributed by atoms with Crippen LogP contribution in [0.4, 0.5) is 0 Å². The Morgan fingerprint density at radius 3 is 2.76 bits per heavy atom. The summed E-state index contributed by atoms with van der Waals surface area (Å²) in [5.41, 5.74) is 6.48. The van der Waals surface area contributed by atoms with E-state index in [1.807, 2.05) is 0 Å². The first-order valence-electron chi connectivity index (χ1n) is 8.96. The summed E-state index contributed by atoms with van der Waals surface area (Å²) in [6, 6.07) is 0.610. The van der Waals surface area contributed by atoms with Crippen LogP contribution in [0, 0.1) is 0 Å². The number of nitrogens with two attached hydrogens (primary N) is 1. The fourth-order valence-electron chi connectivity index (χ4n) is 4.58. The van der Waals surface area contributed by atoms with Crippen LogP contribution in [0.15, 0.2) is 4.99 Å². The van der Waals surface area contributed by atoms with Crippen molar-refractivity contribution in [3.8, 4) is 0 Å². The summed E-state index contributed by atoms with van der Waals surface area (Å²) in [6.45, 7) is 4.00. The van der Waals surface area contributed by atoms with Crippen molar-refractivity contribution >= 4 is 5.96 Å². The highest BCUT2D eigenvalue weighted by Crippen LogP contribution is 2.39. The second-order valence-corrected chi connectivity index (χ2v) is 7.15. The van der Waals surface area contributed by atoms with Crippen LogP contribution in [0.5, 0.6) is 0 Å². The van der Waals surface area contributed by atoms with Crippen LogP contribution in [-0.4, -0.2) is 41.7 Å². The molecule has 2 aliphatic heterocycles. The van der Waals surface area contributed by atoms with Gasteiger partial charge in [-0.3, -0.25) is 4.99 Å². The van der Waals surface area contributed by atoms with Crippen LogP contribution >= 0.6 is 0 Å². The molecule has 1 saturated heterocycles. The van der Waals surface area contributed by atoms with Gasteiger partial charge in [-0.25, -0.2) is 0 Å². The third-order valence-corrected chi connectivity index (χ3v) is 5.62. The van der Waals surface area contributed by atoms with E-state index in [1.165, 1.54) is 51.4 Å². The van der Waals surface area contributed by atoms with Gasteiger partial charge in [0, 0.05) is 12.6 Å². The SMILES string of the molecule is CCCC1CC2(CCO1)CN=C(N)N2C1CCCCCC1. The summed E-state index contributed by atoms with van der Waals surface area (Å²) >= 11 is 0. The first-order valence-corrected chi connectivity index (χ1v) is 8.96. The molecule has 3 rings (SSSR count). The lowest BCUT2D eigenvalue weighted by Gasteiger charge is -2.48. The van der Waals surface area contributed by atoms with Gasteiger partial charge in [0.25, 0.3) is 0 Å². The third-order valence-electron chi connectivity index (χ3n) is 5.62. The zero-order valence-corrected chi connectivity index (χ0v) is 13.5. The molecule has 0 radical (unpaired) electrons. The minimum atomic E-state index is 0.164. The average Bonchev–Trinajstić information content (AvgIpc) is 2.69. The van der Waals surface area contributed by atoms with Gasteiger partial charge in [-0.05, 0) is 32.1 Å². The molecule has 0 amide bonds. The van der Waals surface area contributed by atoms with Crippen molar-refractivity contribution in [1.29, 1.82) is 0 Å². The van der Waals surface area contributed by atoms with Gasteiger partial charge in [0.2, 0.25) is 0 Å². The molecule has 1 saturated carbocycles. The zero-order valence-electron chi connectivity index (χ0n) is 13.5. The number of rotatable bonds is 3. The van der Waals surface area contributed by atoms with Crippen molar-refractivity contribution in [3.05, 3.63) is 0 Å². The molecule has 0 aromatic heterocycles. The molecule has 0 bridgehead atoms. The van der Waals surface area contributed by atoms with Gasteiger partial charge in [-0.15, -0.1) is 0 Å². The van der Waals surface area contributed by atoms with Crippen LogP contribution in [0.25, 0.3) is 0 Å². The van der Waals surface area contributed by atoms with Gasteiger partial charge < -0.3 is 15.4 Å². The van der Waals surface area contributed by atoms with Crippen LogP contribution in [0.3, 0.4) is 0 Å². The van der Waals surface area contributed by atoms with E-state index in [-0.39, 0.29) is 5.54 Å². The van der Waals surface area contributed by atoms with Gasteiger partial charge >= 0.3 is 0 Å². The Hall–Kier alpha value is -0.770. The lowest BCUT2D eigenvalue weighted by Crippen LogP contribution is -2.59. The molecule has 1 aliphatic carbocycles. The smallest absolute Gasteiger partial charge is 0.192 e. The third kappa shape index (κ3) is 3.05. The maximum Gasteiger partial charge on any atom is 0.192 e. The molecule has 2 unspecified atom stereocenters. The van der Waals surface area contributed by atoms with Crippen molar-refractivity contribution in [2.75, 3.05) is 13.2 Å². The summed E-state index contributed by atoms with van der Waals surface area (Å²) in [5.74, 6) is 0.805. The van der Waals surface area contributed by atoms with Crippen LogP contribution in [0.2, 0.25) is 0 Å². The molecule has 2 fully saturated rings. The van der Waals surface area contributed by atoms with Gasteiger partial charge in [0.05, 0.1) is 18.2 Å². The van der Waals surface area contributed by atoms with Crippen LogP contribution in [-0.2, 0) is 4.74 Å². The Kier molecular flexibility index (Phi) is 4.72. The standard InChI is InChI=1S/C17H31N3O/c1-2-7-15-12-17(10-11-21-15)13-19-16(18)20(17)14-8-5-3-4-6-9-14/h14-15H,2-13H2,1H3,(H2,18,19). The van der Waals surface area contributed by atoms with Crippen molar-refractivity contribution < 1.29 is 4.74 Å². The van der Waals surface area contributed by atoms with Gasteiger partial charge in [-0.2, -0.15) is 0 Å². The molecule has 21 heavy (non-hydrogen) atoms. The maximum absolute atomic E-state index is 6.32. The number of ether oxygens (including phenoxy) is 1. The average molecular weight is 293 g/mol. The normalized spacial score (nSPS) is 35.0. The molecule has 3 aliphatic rings. The lowest BCUT2D eigenvalue weighted by atomic mass is 9.83. The van der Waals surface area contributed by atoms with Gasteiger partial charge in [0.1, 0.15) is 0 Å². The van der Waals surface area contributed by atoms with E-state index in [0.717, 1.165) is 32.0 Å². The molecular formula is C17H31N3O. The molecule has 4 nitrogen and oxygen atoms in total. The maximum atomic E-state index is 6.32. The van der Waals surface area contributed by atoms with E-state index in [9.17, 15) is 0 Å². The van der Waals surface area contributed by atoms with E-state index in [4.69, 9.17) is 10.5 Å². The summed E-state index contributed by atoms with van der Waals surface area (Å²) in [5, 5.41) is 0. The molecule has 0 aromatic rings. The molecule has 120 valence electrons. The highest BCUT2D eigenvalue weighted by atomic mass is 16.5. The molecule has 2 N–H and O–H groups in total. The number of guanidine groups is 1. The van der Waals surface area contributed by atoms with Crippen molar-refractivity contribution in [2.45, 2.75) is 88.8 Å². The molecule has 1 spiro atoms. The monoisotopic (exact) mass is 293 g/mol. The van der Waals surface area contributed by atoms with E-state index >= 15 is 0 Å². The highest BCUT2D eigenvalue weighted by Gasteiger charge is 2.48. The second-order valence-electron chi connectivity index (χ2n) is 7.15. The lowest BCUT2D eigenvalue weighted by molar-refractivity contribution is -0.0595. The van der Waals surface area contributed by atoms with Crippen molar-refractivity contribution in [1.82, 2.24) is 4.90 Å². The fourth-order valence-corrected chi connectivity index (χ4v) is 4.58. The Morgan fingerprint density at radius 1 is 1.29 bits per heavy atom. The van der Waals surface area contributed by atoms with E-state index in [2.05, 4.69) is 16.8 Å². The topological polar surface area (TPSA) is 50.9 Å². The van der Waals surface area contributed by atoms with Crippen LogP contribution in [0.1, 0.15) is 71.1 Å². The number of hydrogen-bond acceptors (Lipinski definition) is 4. The first-order chi connectivity index (χ1) is 10.2. The molecule has 2 atom stereocenters. The summed E-state index contributed by atoms with van der Waals surface area (Å²) in [6.07, 6.45) is 13.0. The van der Waals surface area contributed by atoms with E-state index < -0.39 is 0 Å². The van der Waals surface area contributed by atoms with Crippen molar-refractivity contribution in [3.63, 3.8) is 0 Å². The predicted molar refractivity (Wildman–Crippen MR) is 86.4 cm³/mol. The fraction of sp³-hybridized carbons (Fsp3) is 0.941. The van der Waals surface area contributed by atoms with E-state index in [0.29, 0.717) is 12.1 Å². The molecule has 0 aromatic carbocycles. The zero-order chi connectivity index (χ0) is 14.7. The first kappa shape index (κ1) is 15.1. The summed E-state index contributed by atoms with van der Waals surface area (Å²) in [7, 11) is 0. The Bertz CT molecular complexity index is 374. The minimum Gasteiger partial charge on any atom is -0.378 e. The summed E-state index contributed by atoms with van der Waals surface area (Å²) in [4.78, 5) is 7.19.